The van der Waals surface area contributed by atoms with Gasteiger partial charge in [0, 0.05) is 11.3 Å². The third kappa shape index (κ3) is 2.46. The average Bonchev–Trinajstić information content (AvgIpc) is 2.87. The van der Waals surface area contributed by atoms with Gasteiger partial charge in [-0.3, -0.25) is 0 Å². The van der Waals surface area contributed by atoms with Crippen LogP contribution in [0.15, 0.2) is 24.3 Å². The van der Waals surface area contributed by atoms with Gasteiger partial charge in [-0.1, -0.05) is 31.0 Å². The fourth-order valence-electron chi connectivity index (χ4n) is 3.11. The van der Waals surface area contributed by atoms with Gasteiger partial charge in [-0.25, -0.2) is 9.48 Å². The van der Waals surface area contributed by atoms with Crippen LogP contribution in [0.2, 0.25) is 0 Å². The van der Waals surface area contributed by atoms with Gasteiger partial charge in [-0.15, -0.1) is 0 Å². The van der Waals surface area contributed by atoms with Crippen molar-refractivity contribution in [3.8, 4) is 5.69 Å². The quantitative estimate of drug-likeness (QED) is 0.940. The maximum atomic E-state index is 11.5. The molecule has 0 radical (unpaired) electrons. The van der Waals surface area contributed by atoms with E-state index in [0.29, 0.717) is 5.92 Å². The van der Waals surface area contributed by atoms with Crippen LogP contribution in [0.25, 0.3) is 5.69 Å². The molecule has 1 aromatic heterocycles. The van der Waals surface area contributed by atoms with E-state index in [0.717, 1.165) is 42.6 Å². The lowest BCUT2D eigenvalue weighted by molar-refractivity contribution is 0.0688. The van der Waals surface area contributed by atoms with E-state index in [-0.39, 0.29) is 5.69 Å². The summed E-state index contributed by atoms with van der Waals surface area (Å²) in [6, 6.07) is 8.06. The minimum Gasteiger partial charge on any atom is -0.476 e. The van der Waals surface area contributed by atoms with E-state index >= 15 is 0 Å². The molecule has 0 aliphatic heterocycles. The van der Waals surface area contributed by atoms with E-state index in [1.54, 1.807) is 0 Å². The zero-order valence-electron chi connectivity index (χ0n) is 12.5. The Bertz CT molecular complexity index is 671. The summed E-state index contributed by atoms with van der Waals surface area (Å²) in [4.78, 5) is 11.5. The summed E-state index contributed by atoms with van der Waals surface area (Å²) in [5, 5.41) is 13.8. The van der Waals surface area contributed by atoms with Crippen molar-refractivity contribution in [3.05, 3.63) is 46.8 Å². The van der Waals surface area contributed by atoms with Crippen LogP contribution < -0.4 is 0 Å². The molecule has 1 aliphatic rings. The molecule has 0 bridgehead atoms. The molecule has 0 spiro atoms. The normalized spacial score (nSPS) is 17.5. The molecule has 4 heteroatoms. The molecule has 110 valence electrons. The Labute approximate surface area is 124 Å². The first-order valence-corrected chi connectivity index (χ1v) is 7.51. The number of aromatic carboxylic acids is 1. The van der Waals surface area contributed by atoms with Gasteiger partial charge in [0.15, 0.2) is 5.69 Å². The Morgan fingerprint density at radius 3 is 2.71 bits per heavy atom. The third-order valence-electron chi connectivity index (χ3n) is 4.43. The highest BCUT2D eigenvalue weighted by molar-refractivity contribution is 5.87. The number of hydrogen-bond acceptors (Lipinski definition) is 2. The Morgan fingerprint density at radius 2 is 2.10 bits per heavy atom. The number of rotatable bonds is 3. The van der Waals surface area contributed by atoms with Gasteiger partial charge in [0.2, 0.25) is 0 Å². The SMILES string of the molecule is CCC1CCc2c(c(C(=O)O)nn2-c2ccc(C)cc2)C1. The molecule has 4 nitrogen and oxygen atoms in total. The Morgan fingerprint density at radius 1 is 1.38 bits per heavy atom. The first-order chi connectivity index (χ1) is 10.1. The van der Waals surface area contributed by atoms with Gasteiger partial charge in [0.05, 0.1) is 5.69 Å². The molecule has 1 unspecified atom stereocenters. The molecular formula is C17H20N2O2. The molecule has 3 rings (SSSR count). The number of carboxylic acids is 1. The van der Waals surface area contributed by atoms with Crippen molar-refractivity contribution >= 4 is 5.97 Å². The third-order valence-corrected chi connectivity index (χ3v) is 4.43. The van der Waals surface area contributed by atoms with Crippen LogP contribution >= 0.6 is 0 Å². The molecule has 0 saturated heterocycles. The van der Waals surface area contributed by atoms with Gasteiger partial charge < -0.3 is 5.11 Å². The standard InChI is InChI=1S/C17H20N2O2/c1-3-12-6-9-15-14(10-12)16(17(20)21)18-19(15)13-7-4-11(2)5-8-13/h4-5,7-8,12H,3,6,9-10H2,1-2H3,(H,20,21). The maximum absolute atomic E-state index is 11.5. The molecular weight excluding hydrogens is 264 g/mol. The van der Waals surface area contributed by atoms with Crippen LogP contribution in [-0.4, -0.2) is 20.9 Å². The number of hydrogen-bond donors (Lipinski definition) is 1. The molecule has 1 aliphatic carbocycles. The molecule has 21 heavy (non-hydrogen) atoms. The molecule has 2 aromatic rings. The van der Waals surface area contributed by atoms with E-state index in [1.807, 2.05) is 35.9 Å². The van der Waals surface area contributed by atoms with Crippen molar-refractivity contribution in [1.29, 1.82) is 0 Å². The Kier molecular flexibility index (Phi) is 3.53. The lowest BCUT2D eigenvalue weighted by Gasteiger charge is -2.22. The van der Waals surface area contributed by atoms with Gasteiger partial charge >= 0.3 is 5.97 Å². The number of fused-ring (bicyclic) bond motifs is 1. The highest BCUT2D eigenvalue weighted by Gasteiger charge is 2.28. The zero-order chi connectivity index (χ0) is 15.0. The summed E-state index contributed by atoms with van der Waals surface area (Å²) in [7, 11) is 0. The van der Waals surface area contributed by atoms with Crippen LogP contribution in [-0.2, 0) is 12.8 Å². The highest BCUT2D eigenvalue weighted by atomic mass is 16.4. The zero-order valence-corrected chi connectivity index (χ0v) is 12.5. The number of carboxylic acid groups (broad SMARTS) is 1. The lowest BCUT2D eigenvalue weighted by Crippen LogP contribution is -2.16. The number of aryl methyl sites for hydroxylation is 1. The monoisotopic (exact) mass is 284 g/mol. The van der Waals surface area contributed by atoms with Gasteiger partial charge in [0.25, 0.3) is 0 Å². The molecule has 1 N–H and O–H groups in total. The minimum atomic E-state index is -0.922. The maximum Gasteiger partial charge on any atom is 0.356 e. The number of benzene rings is 1. The molecule has 0 fully saturated rings. The van der Waals surface area contributed by atoms with Crippen molar-refractivity contribution in [2.24, 2.45) is 5.92 Å². The summed E-state index contributed by atoms with van der Waals surface area (Å²) >= 11 is 0. The van der Waals surface area contributed by atoms with E-state index in [4.69, 9.17) is 0 Å². The Hall–Kier alpha value is -2.10. The Balaban J connectivity index is 2.10. The first-order valence-electron chi connectivity index (χ1n) is 7.51. The second kappa shape index (κ2) is 5.35. The van der Waals surface area contributed by atoms with Crippen molar-refractivity contribution < 1.29 is 9.90 Å². The van der Waals surface area contributed by atoms with E-state index in [1.165, 1.54) is 5.56 Å². The summed E-state index contributed by atoms with van der Waals surface area (Å²) in [5.41, 5.74) is 4.36. The minimum absolute atomic E-state index is 0.226. The fourth-order valence-corrected chi connectivity index (χ4v) is 3.11. The smallest absolute Gasteiger partial charge is 0.356 e. The number of carbonyl (C=O) groups is 1. The van der Waals surface area contributed by atoms with Crippen molar-refractivity contribution in [1.82, 2.24) is 9.78 Å². The molecule has 1 atom stereocenters. The second-order valence-electron chi connectivity index (χ2n) is 5.84. The van der Waals surface area contributed by atoms with E-state index < -0.39 is 5.97 Å². The summed E-state index contributed by atoms with van der Waals surface area (Å²) in [6.07, 6.45) is 3.94. The summed E-state index contributed by atoms with van der Waals surface area (Å²) in [6.45, 7) is 4.21. The van der Waals surface area contributed by atoms with Crippen molar-refractivity contribution in [2.45, 2.75) is 39.5 Å². The fraction of sp³-hybridized carbons (Fsp3) is 0.412. The summed E-state index contributed by atoms with van der Waals surface area (Å²) in [5.74, 6) is -0.347. The molecule has 1 aromatic carbocycles. The molecule has 1 heterocycles. The van der Waals surface area contributed by atoms with Gasteiger partial charge in [0.1, 0.15) is 0 Å². The molecule has 0 saturated carbocycles. The van der Waals surface area contributed by atoms with Crippen LogP contribution in [0.5, 0.6) is 0 Å². The van der Waals surface area contributed by atoms with Crippen LogP contribution in [0.4, 0.5) is 0 Å². The first kappa shape index (κ1) is 13.9. The lowest BCUT2D eigenvalue weighted by atomic mass is 9.85. The van der Waals surface area contributed by atoms with E-state index in [2.05, 4.69) is 12.0 Å². The van der Waals surface area contributed by atoms with Crippen molar-refractivity contribution in [3.63, 3.8) is 0 Å². The van der Waals surface area contributed by atoms with Crippen LogP contribution in [0, 0.1) is 12.8 Å². The average molecular weight is 284 g/mol. The number of aromatic nitrogens is 2. The van der Waals surface area contributed by atoms with Gasteiger partial charge in [-0.05, 0) is 44.2 Å². The highest BCUT2D eigenvalue weighted by Crippen LogP contribution is 2.31. The van der Waals surface area contributed by atoms with E-state index in [9.17, 15) is 9.90 Å². The predicted octanol–water partition coefficient (Wildman–Crippen LogP) is 3.39. The van der Waals surface area contributed by atoms with Crippen LogP contribution in [0.1, 0.15) is 47.1 Å². The second-order valence-corrected chi connectivity index (χ2v) is 5.84. The predicted molar refractivity (Wildman–Crippen MR) is 81.1 cm³/mol. The number of nitrogens with zero attached hydrogens (tertiary/aromatic N) is 2. The van der Waals surface area contributed by atoms with Crippen LogP contribution in [0.3, 0.4) is 0 Å². The largest absolute Gasteiger partial charge is 0.476 e. The topological polar surface area (TPSA) is 55.1 Å². The van der Waals surface area contributed by atoms with Crippen molar-refractivity contribution in [2.75, 3.05) is 0 Å². The van der Waals surface area contributed by atoms with Gasteiger partial charge in [-0.2, -0.15) is 5.10 Å². The summed E-state index contributed by atoms with van der Waals surface area (Å²) < 4.78 is 1.82. The molecule has 0 amide bonds.